The van der Waals surface area contributed by atoms with Gasteiger partial charge in [0.1, 0.15) is 6.61 Å². The molecule has 2 nitrogen and oxygen atoms in total. The number of hydrogen-bond donors (Lipinski definition) is 1. The van der Waals surface area contributed by atoms with Crippen LogP contribution in [0.5, 0.6) is 0 Å². The molecular formula is C12H21F3O2. The number of alkyl halides is 3. The summed E-state index contributed by atoms with van der Waals surface area (Å²) in [4.78, 5) is 0. The first kappa shape index (κ1) is 14.8. The van der Waals surface area contributed by atoms with Crippen LogP contribution in [-0.2, 0) is 4.74 Å². The molecule has 0 aromatic heterocycles. The monoisotopic (exact) mass is 254 g/mol. The Labute approximate surface area is 100 Å². The number of rotatable bonds is 7. The van der Waals surface area contributed by atoms with Gasteiger partial charge in [-0.1, -0.05) is 25.7 Å². The van der Waals surface area contributed by atoms with Crippen LogP contribution in [0.15, 0.2) is 0 Å². The average molecular weight is 254 g/mol. The maximum Gasteiger partial charge on any atom is 0.411 e. The van der Waals surface area contributed by atoms with Gasteiger partial charge in [0.2, 0.25) is 0 Å². The molecule has 0 aromatic rings. The standard InChI is InChI=1S/C12H21F3O2/c13-12(14,15)9-17-7-3-6-11(8-16)10-4-1-2-5-10/h10-11,16H,1-9H2. The molecule has 102 valence electrons. The summed E-state index contributed by atoms with van der Waals surface area (Å²) in [6.45, 7) is -0.896. The SMILES string of the molecule is OCC(CCCOCC(F)(F)F)C1CCCC1. The third kappa shape index (κ3) is 6.27. The smallest absolute Gasteiger partial charge is 0.396 e. The second-order valence-electron chi connectivity index (χ2n) is 4.80. The van der Waals surface area contributed by atoms with Gasteiger partial charge in [0.05, 0.1) is 0 Å². The summed E-state index contributed by atoms with van der Waals surface area (Å²) in [6.07, 6.45) is 1.85. The first-order chi connectivity index (χ1) is 8.03. The molecule has 1 saturated carbocycles. The lowest BCUT2D eigenvalue weighted by Crippen LogP contribution is -2.19. The van der Waals surface area contributed by atoms with Crippen molar-refractivity contribution in [2.75, 3.05) is 19.8 Å². The molecule has 0 spiro atoms. The maximum atomic E-state index is 11.8. The highest BCUT2D eigenvalue weighted by Gasteiger charge is 2.27. The van der Waals surface area contributed by atoms with E-state index in [9.17, 15) is 18.3 Å². The van der Waals surface area contributed by atoms with Crippen LogP contribution >= 0.6 is 0 Å². The van der Waals surface area contributed by atoms with E-state index in [0.29, 0.717) is 12.3 Å². The van der Waals surface area contributed by atoms with Crippen LogP contribution in [0.1, 0.15) is 38.5 Å². The lowest BCUT2D eigenvalue weighted by molar-refractivity contribution is -0.174. The highest BCUT2D eigenvalue weighted by Crippen LogP contribution is 2.33. The van der Waals surface area contributed by atoms with Gasteiger partial charge in [-0.15, -0.1) is 0 Å². The summed E-state index contributed by atoms with van der Waals surface area (Å²) in [6, 6.07) is 0. The Morgan fingerprint density at radius 1 is 1.24 bits per heavy atom. The summed E-state index contributed by atoms with van der Waals surface area (Å²) in [5.74, 6) is 0.801. The molecule has 0 aromatic carbocycles. The normalized spacial score (nSPS) is 19.8. The van der Waals surface area contributed by atoms with E-state index < -0.39 is 12.8 Å². The van der Waals surface area contributed by atoms with Gasteiger partial charge < -0.3 is 9.84 Å². The van der Waals surface area contributed by atoms with E-state index in [-0.39, 0.29) is 19.1 Å². The number of aliphatic hydroxyl groups excluding tert-OH is 1. The minimum Gasteiger partial charge on any atom is -0.396 e. The second-order valence-corrected chi connectivity index (χ2v) is 4.80. The fraction of sp³-hybridized carbons (Fsp3) is 1.00. The van der Waals surface area contributed by atoms with Crippen LogP contribution in [-0.4, -0.2) is 31.1 Å². The van der Waals surface area contributed by atoms with Crippen molar-refractivity contribution in [3.8, 4) is 0 Å². The molecule has 0 saturated heterocycles. The van der Waals surface area contributed by atoms with Gasteiger partial charge in [-0.05, 0) is 24.7 Å². The quantitative estimate of drug-likeness (QED) is 0.707. The minimum atomic E-state index is -4.23. The summed E-state index contributed by atoms with van der Waals surface area (Å²) in [5.41, 5.74) is 0. The summed E-state index contributed by atoms with van der Waals surface area (Å²) in [7, 11) is 0. The maximum absolute atomic E-state index is 11.8. The van der Waals surface area contributed by atoms with E-state index in [1.807, 2.05) is 0 Å². The van der Waals surface area contributed by atoms with Crippen LogP contribution in [0.4, 0.5) is 13.2 Å². The van der Waals surface area contributed by atoms with Crippen LogP contribution in [0.2, 0.25) is 0 Å². The number of hydrogen-bond acceptors (Lipinski definition) is 2. The van der Waals surface area contributed by atoms with E-state index in [4.69, 9.17) is 0 Å². The van der Waals surface area contributed by atoms with Crippen molar-refractivity contribution in [2.45, 2.75) is 44.7 Å². The first-order valence-corrected chi connectivity index (χ1v) is 6.28. The number of ether oxygens (including phenoxy) is 1. The zero-order valence-corrected chi connectivity index (χ0v) is 10.0. The van der Waals surface area contributed by atoms with Crippen molar-refractivity contribution < 1.29 is 23.0 Å². The molecule has 1 atom stereocenters. The van der Waals surface area contributed by atoms with Crippen molar-refractivity contribution in [1.82, 2.24) is 0 Å². The van der Waals surface area contributed by atoms with Crippen LogP contribution in [0.3, 0.4) is 0 Å². The highest BCUT2D eigenvalue weighted by molar-refractivity contribution is 4.74. The molecule has 1 fully saturated rings. The van der Waals surface area contributed by atoms with Gasteiger partial charge in [0.15, 0.2) is 0 Å². The summed E-state index contributed by atoms with van der Waals surface area (Å²) < 4.78 is 39.9. The van der Waals surface area contributed by atoms with Gasteiger partial charge in [-0.2, -0.15) is 13.2 Å². The summed E-state index contributed by atoms with van der Waals surface area (Å²) >= 11 is 0. The molecule has 0 heterocycles. The molecule has 0 bridgehead atoms. The molecular weight excluding hydrogens is 233 g/mol. The molecule has 1 rings (SSSR count). The molecule has 0 aliphatic heterocycles. The zero-order chi connectivity index (χ0) is 12.7. The van der Waals surface area contributed by atoms with Crippen molar-refractivity contribution in [2.24, 2.45) is 11.8 Å². The van der Waals surface area contributed by atoms with Crippen molar-refractivity contribution in [3.63, 3.8) is 0 Å². The molecule has 0 radical (unpaired) electrons. The zero-order valence-electron chi connectivity index (χ0n) is 10.0. The molecule has 1 aliphatic carbocycles. The van der Waals surface area contributed by atoms with Crippen LogP contribution in [0.25, 0.3) is 0 Å². The first-order valence-electron chi connectivity index (χ1n) is 6.28. The van der Waals surface area contributed by atoms with Crippen molar-refractivity contribution >= 4 is 0 Å². The third-order valence-electron chi connectivity index (χ3n) is 3.43. The predicted molar refractivity (Wildman–Crippen MR) is 58.6 cm³/mol. The number of halogens is 3. The average Bonchev–Trinajstić information content (AvgIpc) is 2.75. The van der Waals surface area contributed by atoms with E-state index >= 15 is 0 Å². The van der Waals surface area contributed by atoms with E-state index in [1.54, 1.807) is 0 Å². The van der Waals surface area contributed by atoms with E-state index in [0.717, 1.165) is 19.3 Å². The Morgan fingerprint density at radius 2 is 1.88 bits per heavy atom. The number of aliphatic hydroxyl groups is 1. The fourth-order valence-electron chi connectivity index (χ4n) is 2.54. The lowest BCUT2D eigenvalue weighted by atomic mass is 9.88. The Bertz CT molecular complexity index is 200. The minimum absolute atomic E-state index is 0.128. The van der Waals surface area contributed by atoms with Gasteiger partial charge in [0.25, 0.3) is 0 Å². The Morgan fingerprint density at radius 3 is 2.41 bits per heavy atom. The van der Waals surface area contributed by atoms with Gasteiger partial charge in [0, 0.05) is 13.2 Å². The topological polar surface area (TPSA) is 29.5 Å². The predicted octanol–water partition coefficient (Wildman–Crippen LogP) is 3.14. The molecule has 1 unspecified atom stereocenters. The van der Waals surface area contributed by atoms with E-state index in [1.165, 1.54) is 12.8 Å². The second kappa shape index (κ2) is 7.21. The summed E-state index contributed by atoms with van der Waals surface area (Å²) in [5, 5.41) is 9.25. The lowest BCUT2D eigenvalue weighted by Gasteiger charge is -2.20. The van der Waals surface area contributed by atoms with Gasteiger partial charge >= 0.3 is 6.18 Å². The van der Waals surface area contributed by atoms with Crippen LogP contribution in [0, 0.1) is 11.8 Å². The molecule has 5 heteroatoms. The van der Waals surface area contributed by atoms with Crippen molar-refractivity contribution in [3.05, 3.63) is 0 Å². The van der Waals surface area contributed by atoms with Gasteiger partial charge in [-0.3, -0.25) is 0 Å². The largest absolute Gasteiger partial charge is 0.411 e. The van der Waals surface area contributed by atoms with Gasteiger partial charge in [-0.25, -0.2) is 0 Å². The van der Waals surface area contributed by atoms with Crippen molar-refractivity contribution in [1.29, 1.82) is 0 Å². The molecule has 1 aliphatic rings. The van der Waals surface area contributed by atoms with E-state index in [2.05, 4.69) is 4.74 Å². The van der Waals surface area contributed by atoms with Crippen LogP contribution < -0.4 is 0 Å². The third-order valence-corrected chi connectivity index (χ3v) is 3.43. The Balaban J connectivity index is 2.07. The fourth-order valence-corrected chi connectivity index (χ4v) is 2.54. The Kier molecular flexibility index (Phi) is 6.27. The molecule has 1 N–H and O–H groups in total. The molecule has 17 heavy (non-hydrogen) atoms. The Hall–Kier alpha value is -0.290. The molecule has 0 amide bonds. The highest BCUT2D eigenvalue weighted by atomic mass is 19.4.